The molecule has 2 heterocycles. The fraction of sp³-hybridized carbons (Fsp3) is 0.760. The zero-order valence-corrected chi connectivity index (χ0v) is 19.3. The predicted octanol–water partition coefficient (Wildman–Crippen LogP) is 3.30. The van der Waals surface area contributed by atoms with E-state index in [-0.39, 0.29) is 11.7 Å². The van der Waals surface area contributed by atoms with Crippen LogP contribution in [0.3, 0.4) is 0 Å². The number of hydrogen-bond acceptors (Lipinski definition) is 6. The SMILES string of the molecule is COCCOCOC1CO[C@]2(CC[C@H](N(C)Cc3ccccc3)[C@@H](N3CCCC3)C2)C1. The van der Waals surface area contributed by atoms with E-state index >= 15 is 0 Å². The molecule has 4 atom stereocenters. The van der Waals surface area contributed by atoms with E-state index in [1.54, 1.807) is 7.11 Å². The van der Waals surface area contributed by atoms with Gasteiger partial charge in [0.2, 0.25) is 0 Å². The summed E-state index contributed by atoms with van der Waals surface area (Å²) >= 11 is 0. The monoisotopic (exact) mass is 432 g/mol. The average Bonchev–Trinajstić information content (AvgIpc) is 3.45. The maximum Gasteiger partial charge on any atom is 0.147 e. The Labute approximate surface area is 187 Å². The highest BCUT2D eigenvalue weighted by molar-refractivity contribution is 5.15. The molecule has 2 aliphatic heterocycles. The molecule has 6 heteroatoms. The molecule has 1 aliphatic carbocycles. The number of ether oxygens (including phenoxy) is 4. The van der Waals surface area contributed by atoms with E-state index in [9.17, 15) is 0 Å². The molecule has 2 saturated heterocycles. The predicted molar refractivity (Wildman–Crippen MR) is 121 cm³/mol. The van der Waals surface area contributed by atoms with Gasteiger partial charge in [-0.2, -0.15) is 0 Å². The lowest BCUT2D eigenvalue weighted by Gasteiger charge is -2.48. The molecule has 3 aliphatic rings. The lowest BCUT2D eigenvalue weighted by atomic mass is 9.76. The van der Waals surface area contributed by atoms with Crippen LogP contribution in [0, 0.1) is 0 Å². The van der Waals surface area contributed by atoms with Crippen LogP contribution in [0.2, 0.25) is 0 Å². The third kappa shape index (κ3) is 6.06. The van der Waals surface area contributed by atoms with Gasteiger partial charge in [0, 0.05) is 32.2 Å². The largest absolute Gasteiger partial charge is 0.382 e. The van der Waals surface area contributed by atoms with Crippen molar-refractivity contribution >= 4 is 0 Å². The highest BCUT2D eigenvalue weighted by atomic mass is 16.7. The van der Waals surface area contributed by atoms with Gasteiger partial charge in [-0.1, -0.05) is 30.3 Å². The number of benzene rings is 1. The van der Waals surface area contributed by atoms with Gasteiger partial charge in [-0.3, -0.25) is 9.80 Å². The molecule has 0 radical (unpaired) electrons. The fourth-order valence-corrected chi connectivity index (χ4v) is 5.74. The van der Waals surface area contributed by atoms with Gasteiger partial charge in [-0.05, 0) is 57.8 Å². The van der Waals surface area contributed by atoms with Crippen LogP contribution in [0.4, 0.5) is 0 Å². The first-order chi connectivity index (χ1) is 15.2. The number of rotatable bonds is 10. The van der Waals surface area contributed by atoms with Crippen molar-refractivity contribution in [2.24, 2.45) is 0 Å². The highest BCUT2D eigenvalue weighted by Gasteiger charge is 2.49. The lowest BCUT2D eigenvalue weighted by molar-refractivity contribution is -0.0981. The van der Waals surface area contributed by atoms with Crippen LogP contribution < -0.4 is 0 Å². The van der Waals surface area contributed by atoms with Crippen LogP contribution in [0.1, 0.15) is 44.1 Å². The fourth-order valence-electron chi connectivity index (χ4n) is 5.74. The summed E-state index contributed by atoms with van der Waals surface area (Å²) in [4.78, 5) is 5.32. The molecule has 1 aromatic rings. The van der Waals surface area contributed by atoms with Gasteiger partial charge in [0.25, 0.3) is 0 Å². The van der Waals surface area contributed by atoms with Crippen LogP contribution in [0.15, 0.2) is 30.3 Å². The molecule has 1 unspecified atom stereocenters. The van der Waals surface area contributed by atoms with Gasteiger partial charge >= 0.3 is 0 Å². The van der Waals surface area contributed by atoms with E-state index < -0.39 is 0 Å². The first-order valence-electron chi connectivity index (χ1n) is 12.0. The molecule has 3 fully saturated rings. The first kappa shape index (κ1) is 23.1. The number of hydrogen-bond donors (Lipinski definition) is 0. The smallest absolute Gasteiger partial charge is 0.147 e. The zero-order valence-electron chi connectivity index (χ0n) is 19.3. The Morgan fingerprint density at radius 1 is 1.13 bits per heavy atom. The second kappa shape index (κ2) is 11.2. The minimum atomic E-state index is -0.0332. The molecule has 174 valence electrons. The summed E-state index contributed by atoms with van der Waals surface area (Å²) < 4.78 is 22.9. The number of likely N-dealkylation sites (tertiary alicyclic amines) is 1. The maximum absolute atomic E-state index is 6.46. The molecular formula is C25H40N2O4. The first-order valence-corrected chi connectivity index (χ1v) is 12.0. The van der Waals surface area contributed by atoms with Crippen molar-refractivity contribution in [3.8, 4) is 0 Å². The molecule has 0 N–H and O–H groups in total. The summed E-state index contributed by atoms with van der Waals surface area (Å²) in [5.41, 5.74) is 1.36. The second-order valence-electron chi connectivity index (χ2n) is 9.53. The van der Waals surface area contributed by atoms with Crippen molar-refractivity contribution in [3.63, 3.8) is 0 Å². The minimum Gasteiger partial charge on any atom is -0.382 e. The van der Waals surface area contributed by atoms with Gasteiger partial charge in [0.1, 0.15) is 6.79 Å². The van der Waals surface area contributed by atoms with Crippen LogP contribution >= 0.6 is 0 Å². The Bertz CT molecular complexity index is 654. The molecule has 1 aromatic carbocycles. The van der Waals surface area contributed by atoms with Crippen molar-refractivity contribution in [3.05, 3.63) is 35.9 Å². The number of methoxy groups -OCH3 is 1. The van der Waals surface area contributed by atoms with Crippen LogP contribution in [0.25, 0.3) is 0 Å². The summed E-state index contributed by atoms with van der Waals surface area (Å²) in [7, 11) is 3.99. The van der Waals surface area contributed by atoms with Crippen LogP contribution in [-0.4, -0.2) is 87.4 Å². The quantitative estimate of drug-likeness (QED) is 0.418. The Balaban J connectivity index is 1.35. The summed E-state index contributed by atoms with van der Waals surface area (Å²) in [6, 6.07) is 12.0. The van der Waals surface area contributed by atoms with E-state index in [0.29, 0.717) is 38.7 Å². The Hall–Kier alpha value is -1.02. The minimum absolute atomic E-state index is 0.0332. The van der Waals surface area contributed by atoms with E-state index in [0.717, 1.165) is 25.8 Å². The van der Waals surface area contributed by atoms with Crippen molar-refractivity contribution < 1.29 is 18.9 Å². The Morgan fingerprint density at radius 3 is 2.71 bits per heavy atom. The summed E-state index contributed by atoms with van der Waals surface area (Å²) in [6.07, 6.45) is 7.18. The molecule has 6 nitrogen and oxygen atoms in total. The molecular weight excluding hydrogens is 392 g/mol. The second-order valence-corrected chi connectivity index (χ2v) is 9.53. The number of likely N-dealkylation sites (N-methyl/N-ethyl adjacent to an activating group) is 1. The van der Waals surface area contributed by atoms with Gasteiger partial charge in [-0.25, -0.2) is 0 Å². The third-order valence-electron chi connectivity index (χ3n) is 7.37. The van der Waals surface area contributed by atoms with E-state index in [2.05, 4.69) is 47.2 Å². The van der Waals surface area contributed by atoms with Gasteiger partial charge < -0.3 is 18.9 Å². The summed E-state index contributed by atoms with van der Waals surface area (Å²) in [5.74, 6) is 0. The molecule has 0 bridgehead atoms. The standard InChI is InChI=1S/C25H40N2O4/c1-26(18-21-8-4-3-5-9-21)23-10-11-25(17-24(23)27-12-6-7-13-27)16-22(19-31-25)30-20-29-15-14-28-2/h3-5,8-9,22-24H,6-7,10-20H2,1-2H3/t22?,23-,24-,25+/m0/s1. The summed E-state index contributed by atoms with van der Waals surface area (Å²) in [6.45, 7) is 5.64. The van der Waals surface area contributed by atoms with Crippen LogP contribution in [-0.2, 0) is 25.5 Å². The molecule has 4 rings (SSSR count). The highest BCUT2D eigenvalue weighted by Crippen LogP contribution is 2.43. The van der Waals surface area contributed by atoms with Crippen molar-refractivity contribution in [1.29, 1.82) is 0 Å². The Kier molecular flexibility index (Phi) is 8.37. The molecule has 1 saturated carbocycles. The average molecular weight is 433 g/mol. The topological polar surface area (TPSA) is 43.4 Å². The number of nitrogens with zero attached hydrogens (tertiary/aromatic N) is 2. The summed E-state index contributed by atoms with van der Waals surface area (Å²) in [5, 5.41) is 0. The molecule has 0 aromatic heterocycles. The normalized spacial score (nSPS) is 31.8. The van der Waals surface area contributed by atoms with E-state index in [1.165, 1.54) is 37.9 Å². The van der Waals surface area contributed by atoms with Crippen molar-refractivity contribution in [2.75, 3.05) is 53.9 Å². The zero-order chi connectivity index (χ0) is 21.5. The third-order valence-corrected chi connectivity index (χ3v) is 7.37. The molecule has 31 heavy (non-hydrogen) atoms. The van der Waals surface area contributed by atoms with E-state index in [4.69, 9.17) is 18.9 Å². The van der Waals surface area contributed by atoms with Gasteiger partial charge in [0.05, 0.1) is 31.5 Å². The van der Waals surface area contributed by atoms with Crippen molar-refractivity contribution in [1.82, 2.24) is 9.80 Å². The maximum atomic E-state index is 6.46. The van der Waals surface area contributed by atoms with E-state index in [1.807, 2.05) is 0 Å². The van der Waals surface area contributed by atoms with Gasteiger partial charge in [-0.15, -0.1) is 0 Å². The Morgan fingerprint density at radius 2 is 1.94 bits per heavy atom. The lowest BCUT2D eigenvalue weighted by Crippen LogP contribution is -2.57. The molecule has 0 amide bonds. The van der Waals surface area contributed by atoms with Crippen molar-refractivity contribution in [2.45, 2.75) is 68.9 Å². The van der Waals surface area contributed by atoms with Gasteiger partial charge in [0.15, 0.2) is 0 Å². The molecule has 1 spiro atoms. The van der Waals surface area contributed by atoms with Crippen LogP contribution in [0.5, 0.6) is 0 Å².